The molecule has 11 nitrogen and oxygen atoms in total. The summed E-state index contributed by atoms with van der Waals surface area (Å²) in [6.45, 7) is 3.30. The Labute approximate surface area is 235 Å². The number of hydrogen-bond acceptors (Lipinski definition) is 7. The lowest BCUT2D eigenvalue weighted by molar-refractivity contribution is -0.193. The largest absolute Gasteiger partial charge is 0.490 e. The van der Waals surface area contributed by atoms with Crippen LogP contribution in [0.3, 0.4) is 0 Å². The number of benzene rings is 1. The molecule has 0 atom stereocenters. The summed E-state index contributed by atoms with van der Waals surface area (Å²) in [6, 6.07) is 10.1. The number of alkyl halides is 6. The number of anilines is 1. The third-order valence-electron chi connectivity index (χ3n) is 6.06. The van der Waals surface area contributed by atoms with E-state index in [0.29, 0.717) is 13.1 Å². The molecule has 0 amide bonds. The van der Waals surface area contributed by atoms with Crippen molar-refractivity contribution in [1.82, 2.24) is 9.88 Å². The number of guanidine groups is 1. The highest BCUT2D eigenvalue weighted by atomic mass is 19.4. The molecule has 42 heavy (non-hydrogen) atoms. The van der Waals surface area contributed by atoms with E-state index in [9.17, 15) is 31.1 Å². The second-order valence-electron chi connectivity index (χ2n) is 9.02. The molecule has 2 aliphatic heterocycles. The summed E-state index contributed by atoms with van der Waals surface area (Å²) >= 11 is 0. The second kappa shape index (κ2) is 14.4. The topological polar surface area (TPSA) is 170 Å². The highest BCUT2D eigenvalue weighted by Crippen LogP contribution is 2.26. The molecule has 4 rings (SSSR count). The number of pyridine rings is 1. The van der Waals surface area contributed by atoms with Gasteiger partial charge in [0.1, 0.15) is 6.61 Å². The predicted octanol–water partition coefficient (Wildman–Crippen LogP) is 3.52. The molecular formula is C25H27F6N5O6. The number of hydrogen-bond donors (Lipinski definition) is 4. The van der Waals surface area contributed by atoms with Gasteiger partial charge in [-0.05, 0) is 41.7 Å². The number of fused-ring (bicyclic) bond motifs is 1. The highest BCUT2D eigenvalue weighted by Gasteiger charge is 2.39. The van der Waals surface area contributed by atoms with Gasteiger partial charge >= 0.3 is 30.3 Å². The molecule has 0 unspecified atom stereocenters. The first kappa shape index (κ1) is 33.6. The SMILES string of the molecule is N=C(N)N1Cc2ccc(COC(=O)C3CCN(c4ccncc4)CC3)cc2C1.O=C(O)C(F)(F)F.O=C(O)C(F)(F)F. The van der Waals surface area contributed by atoms with Crippen molar-refractivity contribution >= 4 is 29.6 Å². The van der Waals surface area contributed by atoms with Crippen molar-refractivity contribution in [2.24, 2.45) is 11.7 Å². The van der Waals surface area contributed by atoms with E-state index in [0.717, 1.165) is 42.7 Å². The summed E-state index contributed by atoms with van der Waals surface area (Å²) < 4.78 is 69.1. The lowest BCUT2D eigenvalue weighted by Crippen LogP contribution is -2.36. The first-order valence-corrected chi connectivity index (χ1v) is 12.1. The Bertz CT molecular complexity index is 1230. The fourth-order valence-electron chi connectivity index (χ4n) is 3.91. The van der Waals surface area contributed by atoms with E-state index in [1.165, 1.54) is 5.56 Å². The number of halogens is 6. The summed E-state index contributed by atoms with van der Waals surface area (Å²) in [5.41, 5.74) is 10.0. The van der Waals surface area contributed by atoms with Crippen LogP contribution in [0.5, 0.6) is 0 Å². The van der Waals surface area contributed by atoms with Gasteiger partial charge in [-0.2, -0.15) is 26.3 Å². The molecule has 0 aliphatic carbocycles. The van der Waals surface area contributed by atoms with Crippen LogP contribution >= 0.6 is 0 Å². The number of aromatic nitrogens is 1. The highest BCUT2D eigenvalue weighted by molar-refractivity contribution is 5.75. The van der Waals surface area contributed by atoms with Gasteiger partial charge in [0, 0.05) is 44.3 Å². The molecule has 1 aromatic carbocycles. The Hall–Kier alpha value is -4.57. The molecule has 17 heteroatoms. The van der Waals surface area contributed by atoms with E-state index in [1.807, 2.05) is 29.2 Å². The van der Waals surface area contributed by atoms with Gasteiger partial charge in [0.25, 0.3) is 0 Å². The fraction of sp³-hybridized carbons (Fsp3) is 0.400. The Morgan fingerprint density at radius 1 is 0.929 bits per heavy atom. The van der Waals surface area contributed by atoms with Gasteiger partial charge in [0.15, 0.2) is 5.96 Å². The first-order valence-electron chi connectivity index (χ1n) is 12.1. The standard InChI is InChI=1S/C21H25N5O2.2C2HF3O2/c22-21(23)26-12-17-2-1-15(11-18(17)13-26)14-28-20(27)16-5-9-25(10-6-16)19-3-7-24-8-4-19;2*3-2(4,5)1(6)7/h1-4,7-8,11,16H,5-6,9-10,12-14H2,(H3,22,23);2*(H,6,7). The zero-order chi connectivity index (χ0) is 31.7. The number of nitrogens with two attached hydrogens (primary N) is 1. The number of carbonyl (C=O) groups excluding carboxylic acids is 1. The zero-order valence-electron chi connectivity index (χ0n) is 21.8. The van der Waals surface area contributed by atoms with Gasteiger partial charge in [-0.1, -0.05) is 18.2 Å². The van der Waals surface area contributed by atoms with Crippen molar-refractivity contribution in [3.05, 3.63) is 59.4 Å². The van der Waals surface area contributed by atoms with Crippen molar-refractivity contribution < 1.29 is 55.7 Å². The van der Waals surface area contributed by atoms with E-state index in [2.05, 4.69) is 16.0 Å². The fourth-order valence-corrected chi connectivity index (χ4v) is 3.91. The van der Waals surface area contributed by atoms with Crippen LogP contribution < -0.4 is 10.6 Å². The van der Waals surface area contributed by atoms with Crippen molar-refractivity contribution in [1.29, 1.82) is 5.41 Å². The van der Waals surface area contributed by atoms with Crippen LogP contribution in [0.4, 0.5) is 32.0 Å². The first-order chi connectivity index (χ1) is 19.5. The summed E-state index contributed by atoms with van der Waals surface area (Å²) in [5.74, 6) is -5.58. The summed E-state index contributed by atoms with van der Waals surface area (Å²) in [7, 11) is 0. The summed E-state index contributed by atoms with van der Waals surface area (Å²) in [4.78, 5) is 38.4. The molecule has 0 spiro atoms. The lowest BCUT2D eigenvalue weighted by Gasteiger charge is -2.32. The number of ether oxygens (including phenoxy) is 1. The molecule has 0 saturated carbocycles. The second-order valence-corrected chi connectivity index (χ2v) is 9.02. The molecule has 2 aliphatic rings. The van der Waals surface area contributed by atoms with Gasteiger partial charge in [-0.25, -0.2) is 9.59 Å². The van der Waals surface area contributed by atoms with Crippen molar-refractivity contribution in [2.45, 2.75) is 44.9 Å². The van der Waals surface area contributed by atoms with E-state index in [-0.39, 0.29) is 24.5 Å². The maximum absolute atomic E-state index is 12.5. The number of carboxylic acid groups (broad SMARTS) is 2. The van der Waals surface area contributed by atoms with E-state index >= 15 is 0 Å². The van der Waals surface area contributed by atoms with Gasteiger partial charge in [0.2, 0.25) is 0 Å². The third kappa shape index (κ3) is 10.4. The quantitative estimate of drug-likeness (QED) is 0.175. The van der Waals surface area contributed by atoms with Gasteiger partial charge in [-0.15, -0.1) is 0 Å². The Morgan fingerprint density at radius 3 is 1.90 bits per heavy atom. The predicted molar refractivity (Wildman–Crippen MR) is 134 cm³/mol. The van der Waals surface area contributed by atoms with E-state index < -0.39 is 24.3 Å². The molecule has 1 saturated heterocycles. The smallest absolute Gasteiger partial charge is 0.475 e. The molecule has 0 radical (unpaired) electrons. The molecule has 1 aromatic heterocycles. The molecule has 2 aromatic rings. The average molecular weight is 608 g/mol. The minimum Gasteiger partial charge on any atom is -0.475 e. The maximum Gasteiger partial charge on any atom is 0.490 e. The molecule has 0 bridgehead atoms. The normalized spacial score (nSPS) is 14.9. The van der Waals surface area contributed by atoms with Gasteiger partial charge in [-0.3, -0.25) is 15.2 Å². The molecule has 3 heterocycles. The molecule has 1 fully saturated rings. The van der Waals surface area contributed by atoms with E-state index in [4.69, 9.17) is 35.7 Å². The third-order valence-corrected chi connectivity index (χ3v) is 6.06. The Kier molecular flexibility index (Phi) is 11.5. The number of aliphatic carboxylic acids is 2. The summed E-state index contributed by atoms with van der Waals surface area (Å²) in [6.07, 6.45) is -4.97. The monoisotopic (exact) mass is 607 g/mol. The summed E-state index contributed by atoms with van der Waals surface area (Å²) in [5, 5.41) is 21.8. The average Bonchev–Trinajstić information content (AvgIpc) is 3.36. The van der Waals surface area contributed by atoms with Crippen molar-refractivity contribution in [3.8, 4) is 0 Å². The van der Waals surface area contributed by atoms with Crippen LogP contribution in [0.2, 0.25) is 0 Å². The number of carboxylic acids is 2. The van der Waals surface area contributed by atoms with Crippen molar-refractivity contribution in [3.63, 3.8) is 0 Å². The van der Waals surface area contributed by atoms with Crippen molar-refractivity contribution in [2.75, 3.05) is 18.0 Å². The number of piperidine rings is 1. The van der Waals surface area contributed by atoms with Crippen LogP contribution in [0.15, 0.2) is 42.7 Å². The molecule has 5 N–H and O–H groups in total. The number of rotatable bonds is 4. The number of carbonyl (C=O) groups is 3. The Morgan fingerprint density at radius 2 is 1.43 bits per heavy atom. The van der Waals surface area contributed by atoms with E-state index in [1.54, 1.807) is 12.4 Å². The minimum atomic E-state index is -5.08. The van der Waals surface area contributed by atoms with Gasteiger partial charge in [0.05, 0.1) is 5.92 Å². The van der Waals surface area contributed by atoms with Gasteiger partial charge < -0.3 is 30.5 Å². The minimum absolute atomic E-state index is 0.0410. The van der Waals surface area contributed by atoms with Crippen LogP contribution in [0, 0.1) is 11.3 Å². The Balaban J connectivity index is 0.000000367. The number of nitrogens with one attached hydrogen (secondary N) is 1. The van der Waals surface area contributed by atoms with Crippen LogP contribution in [0.25, 0.3) is 0 Å². The maximum atomic E-state index is 12.5. The zero-order valence-corrected chi connectivity index (χ0v) is 21.8. The van der Waals surface area contributed by atoms with Crippen LogP contribution in [-0.4, -0.2) is 69.4 Å². The lowest BCUT2D eigenvalue weighted by atomic mass is 9.96. The van der Waals surface area contributed by atoms with Crippen LogP contribution in [-0.2, 0) is 38.8 Å². The number of nitrogens with zero attached hydrogens (tertiary/aromatic N) is 3. The number of esters is 1. The van der Waals surface area contributed by atoms with Crippen LogP contribution in [0.1, 0.15) is 29.5 Å². The molecule has 230 valence electrons. The molecular weight excluding hydrogens is 580 g/mol.